The molecule has 3 rings (SSSR count). The first-order valence-corrected chi connectivity index (χ1v) is 7.64. The highest BCUT2D eigenvalue weighted by molar-refractivity contribution is 7.22. The van der Waals surface area contributed by atoms with E-state index in [0.29, 0.717) is 6.54 Å². The molecular weight excluding hydrogens is 272 g/mol. The lowest BCUT2D eigenvalue weighted by Gasteiger charge is -1.93. The van der Waals surface area contributed by atoms with Gasteiger partial charge in [0.25, 0.3) is 0 Å². The average Bonchev–Trinajstić information content (AvgIpc) is 3.10. The van der Waals surface area contributed by atoms with Gasteiger partial charge in [0.2, 0.25) is 0 Å². The molecule has 0 aliphatic heterocycles. The molecule has 0 bridgehead atoms. The van der Waals surface area contributed by atoms with Crippen molar-refractivity contribution >= 4 is 28.9 Å². The Bertz CT molecular complexity index is 655. The zero-order chi connectivity index (χ0) is 12.9. The Morgan fingerprint density at radius 2 is 2.11 bits per heavy atom. The van der Waals surface area contributed by atoms with Crippen LogP contribution < -0.4 is 0 Å². The van der Waals surface area contributed by atoms with Crippen LogP contribution in [-0.2, 0) is 6.54 Å². The Labute approximate surface area is 120 Å². The minimum atomic E-state index is 0.681. The maximum atomic E-state index is 4.46. The van der Waals surface area contributed by atoms with Gasteiger partial charge < -0.3 is 0 Å². The van der Waals surface area contributed by atoms with E-state index >= 15 is 0 Å². The second-order valence-corrected chi connectivity index (χ2v) is 6.07. The summed E-state index contributed by atoms with van der Waals surface area (Å²) in [5, 5.41) is 2.10. The van der Waals surface area contributed by atoms with Gasteiger partial charge in [0.05, 0.1) is 6.54 Å². The summed E-state index contributed by atoms with van der Waals surface area (Å²) in [5.41, 5.74) is 1.13. The number of aliphatic imine (C=N–C) groups is 1. The van der Waals surface area contributed by atoms with Gasteiger partial charge in [0.1, 0.15) is 0 Å². The van der Waals surface area contributed by atoms with Gasteiger partial charge in [-0.15, -0.1) is 22.7 Å². The number of thiophene rings is 2. The molecule has 0 spiro atoms. The quantitative estimate of drug-likeness (QED) is 0.648. The second kappa shape index (κ2) is 5.91. The fraction of sp³-hybridized carbons (Fsp3) is 0.0667. The fourth-order valence-electron chi connectivity index (χ4n) is 1.71. The molecule has 0 unspecified atom stereocenters. The van der Waals surface area contributed by atoms with Crippen LogP contribution in [0.2, 0.25) is 0 Å². The van der Waals surface area contributed by atoms with Crippen LogP contribution in [-0.4, -0.2) is 11.2 Å². The number of hydrogen-bond acceptors (Lipinski definition) is 4. The highest BCUT2D eigenvalue weighted by atomic mass is 32.1. The third kappa shape index (κ3) is 3.16. The molecule has 2 nitrogen and oxygen atoms in total. The molecule has 3 aromatic rings. The summed E-state index contributed by atoms with van der Waals surface area (Å²) in [6, 6.07) is 12.5. The van der Waals surface area contributed by atoms with Crippen LogP contribution in [0.15, 0.2) is 59.2 Å². The van der Waals surface area contributed by atoms with E-state index in [1.54, 1.807) is 28.9 Å². The zero-order valence-electron chi connectivity index (χ0n) is 10.2. The maximum Gasteiger partial charge on any atom is 0.0655 e. The molecule has 3 heterocycles. The molecule has 0 N–H and O–H groups in total. The highest BCUT2D eigenvalue weighted by Crippen LogP contribution is 2.30. The van der Waals surface area contributed by atoms with Crippen molar-refractivity contribution in [2.24, 2.45) is 4.99 Å². The summed E-state index contributed by atoms with van der Waals surface area (Å²) in [6.45, 7) is 0.681. The molecule has 0 atom stereocenters. The molecule has 0 amide bonds. The second-order valence-electron chi connectivity index (χ2n) is 4.01. The maximum absolute atomic E-state index is 4.46. The third-order valence-electron chi connectivity index (χ3n) is 2.61. The number of nitrogens with zero attached hydrogens (tertiary/aromatic N) is 2. The van der Waals surface area contributed by atoms with E-state index in [4.69, 9.17) is 0 Å². The summed E-state index contributed by atoms with van der Waals surface area (Å²) in [5.74, 6) is 0. The van der Waals surface area contributed by atoms with E-state index in [9.17, 15) is 0 Å². The molecule has 0 aliphatic rings. The van der Waals surface area contributed by atoms with Crippen molar-refractivity contribution in [1.29, 1.82) is 0 Å². The SMILES string of the molecule is C(=NCc1cccnc1)c1ccc(-c2cccs2)s1. The molecule has 0 saturated carbocycles. The van der Waals surface area contributed by atoms with Gasteiger partial charge in [-0.25, -0.2) is 0 Å². The summed E-state index contributed by atoms with van der Waals surface area (Å²) in [7, 11) is 0. The number of pyridine rings is 1. The minimum Gasteiger partial charge on any atom is -0.287 e. The first kappa shape index (κ1) is 12.3. The van der Waals surface area contributed by atoms with Crippen molar-refractivity contribution in [1.82, 2.24) is 4.98 Å². The van der Waals surface area contributed by atoms with Gasteiger partial charge in [0.15, 0.2) is 0 Å². The highest BCUT2D eigenvalue weighted by Gasteiger charge is 2.01. The van der Waals surface area contributed by atoms with Crippen LogP contribution in [0.25, 0.3) is 9.75 Å². The monoisotopic (exact) mass is 284 g/mol. The Morgan fingerprint density at radius 3 is 2.89 bits per heavy atom. The van der Waals surface area contributed by atoms with Crippen LogP contribution in [0.5, 0.6) is 0 Å². The largest absolute Gasteiger partial charge is 0.287 e. The van der Waals surface area contributed by atoms with Gasteiger partial charge in [-0.05, 0) is 35.2 Å². The lowest BCUT2D eigenvalue weighted by atomic mass is 10.3. The molecular formula is C15H12N2S2. The molecule has 0 fully saturated rings. The summed E-state index contributed by atoms with van der Waals surface area (Å²) < 4.78 is 0. The smallest absolute Gasteiger partial charge is 0.0655 e. The van der Waals surface area contributed by atoms with Gasteiger partial charge in [-0.3, -0.25) is 9.98 Å². The van der Waals surface area contributed by atoms with Crippen molar-refractivity contribution in [2.75, 3.05) is 0 Å². The van der Waals surface area contributed by atoms with E-state index in [-0.39, 0.29) is 0 Å². The lowest BCUT2D eigenvalue weighted by molar-refractivity contribution is 1.05. The lowest BCUT2D eigenvalue weighted by Crippen LogP contribution is -1.83. The normalized spacial score (nSPS) is 11.2. The predicted molar refractivity (Wildman–Crippen MR) is 83.2 cm³/mol. The van der Waals surface area contributed by atoms with Crippen molar-refractivity contribution in [3.05, 3.63) is 64.6 Å². The predicted octanol–water partition coefficient (Wildman–Crippen LogP) is 4.49. The van der Waals surface area contributed by atoms with Gasteiger partial charge >= 0.3 is 0 Å². The number of aromatic nitrogens is 1. The Balaban J connectivity index is 1.67. The molecule has 0 aliphatic carbocycles. The first-order chi connectivity index (χ1) is 9.42. The van der Waals surface area contributed by atoms with Crippen LogP contribution >= 0.6 is 22.7 Å². The van der Waals surface area contributed by atoms with E-state index in [2.05, 4.69) is 39.6 Å². The van der Waals surface area contributed by atoms with Crippen LogP contribution in [0.3, 0.4) is 0 Å². The molecule has 4 heteroatoms. The topological polar surface area (TPSA) is 25.2 Å². The Hall–Kier alpha value is -1.78. The molecule has 0 aromatic carbocycles. The van der Waals surface area contributed by atoms with Crippen molar-refractivity contribution in [3.8, 4) is 9.75 Å². The van der Waals surface area contributed by atoms with E-state index in [0.717, 1.165) is 5.56 Å². The number of hydrogen-bond donors (Lipinski definition) is 0. The molecule has 94 valence electrons. The van der Waals surface area contributed by atoms with E-state index in [1.807, 2.05) is 24.5 Å². The van der Waals surface area contributed by atoms with Crippen molar-refractivity contribution < 1.29 is 0 Å². The van der Waals surface area contributed by atoms with Gasteiger partial charge in [-0.1, -0.05) is 12.1 Å². The average molecular weight is 284 g/mol. The molecule has 3 aromatic heterocycles. The standard InChI is InChI=1S/C15H12N2S2/c1-3-12(9-16-7-1)10-17-11-13-5-6-15(19-13)14-4-2-8-18-14/h1-9,11H,10H2. The summed E-state index contributed by atoms with van der Waals surface area (Å²) in [6.07, 6.45) is 5.57. The fourth-order valence-corrected chi connectivity index (χ4v) is 3.44. The Morgan fingerprint density at radius 1 is 1.11 bits per heavy atom. The molecule has 0 saturated heterocycles. The van der Waals surface area contributed by atoms with Crippen LogP contribution in [0.4, 0.5) is 0 Å². The Kier molecular flexibility index (Phi) is 3.81. The summed E-state index contributed by atoms with van der Waals surface area (Å²) >= 11 is 3.54. The molecule has 19 heavy (non-hydrogen) atoms. The van der Waals surface area contributed by atoms with Crippen molar-refractivity contribution in [3.63, 3.8) is 0 Å². The first-order valence-electron chi connectivity index (χ1n) is 5.94. The van der Waals surface area contributed by atoms with Gasteiger partial charge in [0, 0.05) is 33.2 Å². The zero-order valence-corrected chi connectivity index (χ0v) is 11.8. The van der Waals surface area contributed by atoms with Crippen molar-refractivity contribution in [2.45, 2.75) is 6.54 Å². The van der Waals surface area contributed by atoms with Crippen LogP contribution in [0, 0.1) is 0 Å². The number of rotatable bonds is 4. The van der Waals surface area contributed by atoms with E-state index < -0.39 is 0 Å². The van der Waals surface area contributed by atoms with Gasteiger partial charge in [-0.2, -0.15) is 0 Å². The molecule has 0 radical (unpaired) electrons. The minimum absolute atomic E-state index is 0.681. The van der Waals surface area contributed by atoms with E-state index in [1.165, 1.54) is 14.6 Å². The third-order valence-corrected chi connectivity index (χ3v) is 4.69. The summed E-state index contributed by atoms with van der Waals surface area (Å²) in [4.78, 5) is 12.3. The van der Waals surface area contributed by atoms with Crippen LogP contribution in [0.1, 0.15) is 10.4 Å².